The Morgan fingerprint density at radius 1 is 0.893 bits per heavy atom. The zero-order chi connectivity index (χ0) is 20.2. The first-order valence-corrected chi connectivity index (χ1v) is 8.84. The van der Waals surface area contributed by atoms with Crippen LogP contribution >= 0.6 is 0 Å². The van der Waals surface area contributed by atoms with Gasteiger partial charge >= 0.3 is 35.7 Å². The molecule has 0 aliphatic rings. The second-order valence-electron chi connectivity index (χ2n) is 6.96. The van der Waals surface area contributed by atoms with Gasteiger partial charge in [0, 0.05) is 0 Å². The maximum Gasteiger partial charge on any atom is 1.00 e. The van der Waals surface area contributed by atoms with E-state index in [0.717, 1.165) is 11.1 Å². The fourth-order valence-electron chi connectivity index (χ4n) is 2.75. The molecule has 144 valence electrons. The molecule has 0 saturated carbocycles. The Labute approximate surface area is 186 Å². The first kappa shape index (κ1) is 24.5. The molecule has 0 amide bonds. The summed E-state index contributed by atoms with van der Waals surface area (Å²) in [6, 6.07) is 13.3. The van der Waals surface area contributed by atoms with Crippen LogP contribution < -0.4 is 34.7 Å². The summed E-state index contributed by atoms with van der Waals surface area (Å²) in [5, 5.41) is 12.3. The Kier molecular flexibility index (Phi) is 8.99. The largest absolute Gasteiger partial charge is 1.00 e. The van der Waals surface area contributed by atoms with E-state index in [1.165, 1.54) is 12.1 Å². The predicted octanol–water partition coefficient (Wildman–Crippen LogP) is 2.97. The van der Waals surface area contributed by atoms with Crippen molar-refractivity contribution in [1.82, 2.24) is 0 Å². The molecule has 0 aliphatic carbocycles. The molecule has 6 heteroatoms. The zero-order valence-corrected chi connectivity index (χ0v) is 18.8. The molecular formula is C22H23F3NNaO. The molecule has 0 unspecified atom stereocenters. The van der Waals surface area contributed by atoms with Crippen LogP contribution in [0.5, 0.6) is 0 Å². The quantitative estimate of drug-likeness (QED) is 0.434. The minimum absolute atomic E-state index is 0. The molecule has 2 rings (SSSR count). The van der Waals surface area contributed by atoms with E-state index in [1.54, 1.807) is 30.3 Å². The van der Waals surface area contributed by atoms with Crippen molar-refractivity contribution in [3.05, 3.63) is 71.3 Å². The number of alkyl halides is 3. The summed E-state index contributed by atoms with van der Waals surface area (Å²) >= 11 is 0. The zero-order valence-electron chi connectivity index (χ0n) is 16.8. The summed E-state index contributed by atoms with van der Waals surface area (Å²) in [5.41, 5.74) is 0.751. The number of para-hydroxylation sites is 1. The Bertz CT molecular complexity index is 814. The number of halogens is 3. The summed E-state index contributed by atoms with van der Waals surface area (Å²) in [7, 11) is 0. The number of aliphatic imine (C=N–C) groups is 1. The van der Waals surface area contributed by atoms with Crippen molar-refractivity contribution in [1.29, 1.82) is 0 Å². The van der Waals surface area contributed by atoms with E-state index in [4.69, 9.17) is 0 Å². The third-order valence-electron chi connectivity index (χ3n) is 4.19. The number of hydrogen-bond acceptors (Lipinski definition) is 2. The van der Waals surface area contributed by atoms with Crippen LogP contribution in [0.15, 0.2) is 59.6 Å². The van der Waals surface area contributed by atoms with Crippen LogP contribution in [-0.4, -0.2) is 11.9 Å². The van der Waals surface area contributed by atoms with Crippen LogP contribution in [0.1, 0.15) is 56.2 Å². The van der Waals surface area contributed by atoms with Gasteiger partial charge in [0.25, 0.3) is 0 Å². The SMILES string of the molecule is CC(C)c1cccc(C(C)C)c1N=C(/C=C(\[O-])c1ccccc1)C(F)(F)F.[Na+]. The molecule has 0 heterocycles. The average Bonchev–Trinajstić information content (AvgIpc) is 2.60. The van der Waals surface area contributed by atoms with E-state index in [2.05, 4.69) is 4.99 Å². The topological polar surface area (TPSA) is 35.4 Å². The van der Waals surface area contributed by atoms with Gasteiger partial charge in [0.05, 0.1) is 5.69 Å². The Morgan fingerprint density at radius 3 is 1.82 bits per heavy atom. The molecular weight excluding hydrogens is 374 g/mol. The van der Waals surface area contributed by atoms with Gasteiger partial charge in [-0.05, 0) is 34.6 Å². The van der Waals surface area contributed by atoms with Crippen molar-refractivity contribution < 1.29 is 47.8 Å². The minimum Gasteiger partial charge on any atom is -0.872 e. The number of hydrogen-bond donors (Lipinski definition) is 0. The molecule has 0 aromatic heterocycles. The van der Waals surface area contributed by atoms with Gasteiger partial charge in [-0.2, -0.15) is 13.2 Å². The standard InChI is InChI=1S/C22H24F3NO.Na/c1-14(2)17-11-8-12-18(15(3)4)21(17)26-20(22(23,24)25)13-19(27)16-9-6-5-7-10-16;/h5-15,27H,1-4H3;/q;+1/p-1/b19-13-,26-20?;. The fraction of sp³-hybridized carbons (Fsp3) is 0.318. The third-order valence-corrected chi connectivity index (χ3v) is 4.19. The normalized spacial score (nSPS) is 13.0. The summed E-state index contributed by atoms with van der Waals surface area (Å²) in [4.78, 5) is 3.95. The van der Waals surface area contributed by atoms with Crippen molar-refractivity contribution in [2.75, 3.05) is 0 Å². The van der Waals surface area contributed by atoms with E-state index in [1.807, 2.05) is 33.8 Å². The molecule has 0 saturated heterocycles. The third kappa shape index (κ3) is 6.23. The van der Waals surface area contributed by atoms with Gasteiger partial charge in [-0.1, -0.05) is 82.0 Å². The molecule has 0 bridgehead atoms. The van der Waals surface area contributed by atoms with Crippen molar-refractivity contribution in [3.8, 4) is 0 Å². The monoisotopic (exact) mass is 397 g/mol. The molecule has 0 spiro atoms. The first-order valence-electron chi connectivity index (χ1n) is 8.84. The van der Waals surface area contributed by atoms with Gasteiger partial charge in [-0.25, -0.2) is 4.99 Å². The van der Waals surface area contributed by atoms with Crippen molar-refractivity contribution in [3.63, 3.8) is 0 Å². The van der Waals surface area contributed by atoms with Crippen LogP contribution in [0.25, 0.3) is 5.76 Å². The molecule has 2 nitrogen and oxygen atoms in total. The molecule has 0 N–H and O–H groups in total. The summed E-state index contributed by atoms with van der Waals surface area (Å²) in [6.07, 6.45) is -4.15. The number of nitrogens with zero attached hydrogens (tertiary/aromatic N) is 1. The predicted molar refractivity (Wildman–Crippen MR) is 102 cm³/mol. The van der Waals surface area contributed by atoms with Crippen molar-refractivity contribution >= 4 is 17.2 Å². The Morgan fingerprint density at radius 2 is 1.39 bits per heavy atom. The van der Waals surface area contributed by atoms with Gasteiger partial charge < -0.3 is 5.11 Å². The van der Waals surface area contributed by atoms with Crippen molar-refractivity contribution in [2.24, 2.45) is 4.99 Å². The Balaban J connectivity index is 0.00000392. The molecule has 0 radical (unpaired) electrons. The smallest absolute Gasteiger partial charge is 0.872 e. The van der Waals surface area contributed by atoms with Crippen LogP contribution in [0, 0.1) is 0 Å². The van der Waals surface area contributed by atoms with Gasteiger partial charge in [-0.15, -0.1) is 0 Å². The van der Waals surface area contributed by atoms with E-state index >= 15 is 0 Å². The summed E-state index contributed by atoms with van der Waals surface area (Å²) in [5.74, 6) is -0.719. The fourth-order valence-corrected chi connectivity index (χ4v) is 2.75. The molecule has 2 aromatic carbocycles. The number of benzene rings is 2. The van der Waals surface area contributed by atoms with E-state index in [-0.39, 0.29) is 47.0 Å². The van der Waals surface area contributed by atoms with Gasteiger partial charge in [0.2, 0.25) is 0 Å². The second-order valence-corrected chi connectivity index (χ2v) is 6.96. The van der Waals surface area contributed by atoms with E-state index < -0.39 is 17.6 Å². The molecule has 0 atom stereocenters. The maximum absolute atomic E-state index is 13.6. The number of allylic oxidation sites excluding steroid dienone is 1. The second kappa shape index (κ2) is 10.3. The van der Waals surface area contributed by atoms with Gasteiger partial charge in [0.1, 0.15) is 5.71 Å². The van der Waals surface area contributed by atoms with Crippen molar-refractivity contribution in [2.45, 2.75) is 45.7 Å². The summed E-state index contributed by atoms with van der Waals surface area (Å²) in [6.45, 7) is 7.63. The number of rotatable bonds is 5. The van der Waals surface area contributed by atoms with E-state index in [0.29, 0.717) is 11.8 Å². The van der Waals surface area contributed by atoms with E-state index in [9.17, 15) is 18.3 Å². The average molecular weight is 397 g/mol. The van der Waals surface area contributed by atoms with Gasteiger partial charge in [0.15, 0.2) is 0 Å². The molecule has 0 aliphatic heterocycles. The van der Waals surface area contributed by atoms with Crippen LogP contribution in [0.3, 0.4) is 0 Å². The minimum atomic E-state index is -4.73. The van der Waals surface area contributed by atoms with Crippen LogP contribution in [0.4, 0.5) is 18.9 Å². The Hall–Kier alpha value is -1.56. The van der Waals surface area contributed by atoms with Gasteiger partial charge in [-0.3, -0.25) is 0 Å². The maximum atomic E-state index is 13.6. The molecule has 28 heavy (non-hydrogen) atoms. The first-order chi connectivity index (χ1) is 12.6. The molecule has 2 aromatic rings. The van der Waals surface area contributed by atoms with Crippen LogP contribution in [-0.2, 0) is 0 Å². The van der Waals surface area contributed by atoms with Crippen LogP contribution in [0.2, 0.25) is 0 Å². The summed E-state index contributed by atoms with van der Waals surface area (Å²) < 4.78 is 40.9. The molecule has 0 fully saturated rings.